The molecule has 26 heavy (non-hydrogen) atoms. The van der Waals surface area contributed by atoms with Crippen LogP contribution in [0.2, 0.25) is 0 Å². The standard InChI is InChI=1S/C21H29NO4/c1-13(2)26-19-12-22-20(23)9-14-7-5-6-8-21(14,22)16-11-18(25-4)17(24-3)10-15(16)19/h10-11,13-14,19H,5-9,12H2,1-4H3/t14-,19-,21-/m0/s1. The van der Waals surface area contributed by atoms with Gasteiger partial charge in [0.1, 0.15) is 6.10 Å². The number of hydrogen-bond donors (Lipinski definition) is 0. The molecule has 2 heterocycles. The van der Waals surface area contributed by atoms with Crippen molar-refractivity contribution >= 4 is 5.91 Å². The molecule has 2 aliphatic heterocycles. The summed E-state index contributed by atoms with van der Waals surface area (Å²) >= 11 is 0. The summed E-state index contributed by atoms with van der Waals surface area (Å²) < 4.78 is 17.4. The van der Waals surface area contributed by atoms with Crippen molar-refractivity contribution in [3.8, 4) is 11.5 Å². The largest absolute Gasteiger partial charge is 0.493 e. The first-order chi connectivity index (χ1) is 12.5. The molecule has 1 spiro atoms. The van der Waals surface area contributed by atoms with E-state index >= 15 is 0 Å². The van der Waals surface area contributed by atoms with Gasteiger partial charge in [-0.2, -0.15) is 0 Å². The van der Waals surface area contributed by atoms with Crippen LogP contribution in [0.3, 0.4) is 0 Å². The highest BCUT2D eigenvalue weighted by molar-refractivity contribution is 5.82. The first-order valence-corrected chi connectivity index (χ1v) is 9.73. The van der Waals surface area contributed by atoms with E-state index < -0.39 is 0 Å². The zero-order valence-corrected chi connectivity index (χ0v) is 16.2. The van der Waals surface area contributed by atoms with Crippen LogP contribution in [0.4, 0.5) is 0 Å². The molecule has 3 aliphatic rings. The molecule has 0 radical (unpaired) electrons. The lowest BCUT2D eigenvalue weighted by Gasteiger charge is -2.51. The smallest absolute Gasteiger partial charge is 0.223 e. The van der Waals surface area contributed by atoms with Crippen LogP contribution < -0.4 is 9.47 Å². The van der Waals surface area contributed by atoms with Crippen molar-refractivity contribution in [2.24, 2.45) is 5.92 Å². The summed E-state index contributed by atoms with van der Waals surface area (Å²) in [6.07, 6.45) is 5.13. The Labute approximate surface area is 155 Å². The molecule has 5 nitrogen and oxygen atoms in total. The number of benzene rings is 1. The van der Waals surface area contributed by atoms with Gasteiger partial charge in [0, 0.05) is 6.42 Å². The summed E-state index contributed by atoms with van der Waals surface area (Å²) in [4.78, 5) is 15.0. The van der Waals surface area contributed by atoms with Gasteiger partial charge >= 0.3 is 0 Å². The molecule has 0 aromatic heterocycles. The Bertz CT molecular complexity index is 716. The van der Waals surface area contributed by atoms with Crippen LogP contribution in [0.15, 0.2) is 12.1 Å². The van der Waals surface area contributed by atoms with Crippen molar-refractivity contribution in [3.63, 3.8) is 0 Å². The molecule has 0 N–H and O–H groups in total. The second-order valence-electron chi connectivity index (χ2n) is 8.04. The first-order valence-electron chi connectivity index (χ1n) is 9.73. The Morgan fingerprint density at radius 2 is 1.88 bits per heavy atom. The quantitative estimate of drug-likeness (QED) is 0.820. The first kappa shape index (κ1) is 17.7. The molecule has 3 atom stereocenters. The fourth-order valence-corrected chi connectivity index (χ4v) is 5.41. The molecule has 1 aromatic carbocycles. The van der Waals surface area contributed by atoms with Gasteiger partial charge in [-0.25, -0.2) is 0 Å². The van der Waals surface area contributed by atoms with Crippen molar-refractivity contribution in [2.45, 2.75) is 63.7 Å². The molecule has 1 amide bonds. The lowest BCUT2D eigenvalue weighted by Crippen LogP contribution is -2.53. The maximum absolute atomic E-state index is 12.9. The van der Waals surface area contributed by atoms with E-state index in [1.54, 1.807) is 14.2 Å². The normalized spacial score (nSPS) is 30.0. The molecule has 4 rings (SSSR count). The molecule has 142 valence electrons. The number of amides is 1. The van der Waals surface area contributed by atoms with Crippen molar-refractivity contribution in [3.05, 3.63) is 23.3 Å². The van der Waals surface area contributed by atoms with E-state index in [4.69, 9.17) is 14.2 Å². The Kier molecular flexibility index (Phi) is 4.38. The zero-order chi connectivity index (χ0) is 18.5. The number of ether oxygens (including phenoxy) is 3. The van der Waals surface area contributed by atoms with E-state index in [0.29, 0.717) is 18.9 Å². The second kappa shape index (κ2) is 6.45. The third-order valence-electron chi connectivity index (χ3n) is 6.39. The van der Waals surface area contributed by atoms with Gasteiger partial charge in [0.05, 0.1) is 32.4 Å². The minimum absolute atomic E-state index is 0.0925. The number of methoxy groups -OCH3 is 2. The number of rotatable bonds is 4. The van der Waals surface area contributed by atoms with Crippen LogP contribution in [0.5, 0.6) is 11.5 Å². The predicted molar refractivity (Wildman–Crippen MR) is 98.5 cm³/mol. The Balaban J connectivity index is 1.92. The van der Waals surface area contributed by atoms with E-state index in [1.807, 2.05) is 13.8 Å². The van der Waals surface area contributed by atoms with Crippen molar-refractivity contribution in [1.82, 2.24) is 4.90 Å². The highest BCUT2D eigenvalue weighted by Gasteiger charge is 2.58. The lowest BCUT2D eigenvalue weighted by atomic mass is 9.66. The topological polar surface area (TPSA) is 48.0 Å². The zero-order valence-electron chi connectivity index (χ0n) is 16.2. The van der Waals surface area contributed by atoms with Crippen LogP contribution in [-0.4, -0.2) is 37.7 Å². The number of carbonyl (C=O) groups excluding carboxylic acids is 1. The minimum Gasteiger partial charge on any atom is -0.493 e. The van der Waals surface area contributed by atoms with Crippen LogP contribution >= 0.6 is 0 Å². The summed E-state index contributed by atoms with van der Waals surface area (Å²) in [5.41, 5.74) is 2.18. The molecule has 1 aliphatic carbocycles. The summed E-state index contributed by atoms with van der Waals surface area (Å²) in [7, 11) is 3.33. The van der Waals surface area contributed by atoms with Crippen molar-refractivity contribution in [2.75, 3.05) is 20.8 Å². The lowest BCUT2D eigenvalue weighted by molar-refractivity contribution is -0.138. The van der Waals surface area contributed by atoms with Gasteiger partial charge in [-0.15, -0.1) is 0 Å². The Morgan fingerprint density at radius 1 is 1.15 bits per heavy atom. The Hall–Kier alpha value is -1.75. The van der Waals surface area contributed by atoms with Crippen LogP contribution in [0.1, 0.15) is 63.2 Å². The monoisotopic (exact) mass is 359 g/mol. The second-order valence-corrected chi connectivity index (χ2v) is 8.04. The molecule has 2 fully saturated rings. The van der Waals surface area contributed by atoms with Gasteiger partial charge in [0.15, 0.2) is 11.5 Å². The van der Waals surface area contributed by atoms with Gasteiger partial charge < -0.3 is 19.1 Å². The van der Waals surface area contributed by atoms with Gasteiger partial charge in [0.2, 0.25) is 5.91 Å². The van der Waals surface area contributed by atoms with E-state index in [1.165, 1.54) is 12.0 Å². The van der Waals surface area contributed by atoms with Crippen molar-refractivity contribution in [1.29, 1.82) is 0 Å². The van der Waals surface area contributed by atoms with Crippen LogP contribution in [0.25, 0.3) is 0 Å². The summed E-state index contributed by atoms with van der Waals surface area (Å²) in [5.74, 6) is 2.12. The number of carbonyl (C=O) groups is 1. The van der Waals surface area contributed by atoms with Crippen LogP contribution in [0, 0.1) is 5.92 Å². The summed E-state index contributed by atoms with van der Waals surface area (Å²) in [6.45, 7) is 4.72. The maximum Gasteiger partial charge on any atom is 0.223 e. The number of hydrogen-bond acceptors (Lipinski definition) is 4. The third kappa shape index (κ3) is 2.43. The fourth-order valence-electron chi connectivity index (χ4n) is 5.41. The fraction of sp³-hybridized carbons (Fsp3) is 0.667. The molecule has 1 saturated heterocycles. The molecule has 5 heteroatoms. The molecular weight excluding hydrogens is 330 g/mol. The summed E-state index contributed by atoms with van der Waals surface area (Å²) in [6, 6.07) is 4.18. The van der Waals surface area contributed by atoms with Gasteiger partial charge in [0.25, 0.3) is 0 Å². The summed E-state index contributed by atoms with van der Waals surface area (Å²) in [5, 5.41) is 0. The third-order valence-corrected chi connectivity index (χ3v) is 6.39. The van der Waals surface area contributed by atoms with E-state index in [2.05, 4.69) is 17.0 Å². The molecule has 0 bridgehead atoms. The predicted octanol–water partition coefficient (Wildman–Crippen LogP) is 3.80. The van der Waals surface area contributed by atoms with Crippen molar-refractivity contribution < 1.29 is 19.0 Å². The molecule has 1 saturated carbocycles. The van der Waals surface area contributed by atoms with Gasteiger partial charge in [-0.1, -0.05) is 12.8 Å². The van der Waals surface area contributed by atoms with Gasteiger partial charge in [-0.3, -0.25) is 4.79 Å². The highest BCUT2D eigenvalue weighted by atomic mass is 16.5. The highest BCUT2D eigenvalue weighted by Crippen LogP contribution is 2.58. The van der Waals surface area contributed by atoms with Crippen LogP contribution in [-0.2, 0) is 15.1 Å². The number of fused-ring (bicyclic) bond motifs is 1. The SMILES string of the molecule is COc1cc2c(cc1OC)[C@]13CCCC[C@H]1CC(=O)N3C[C@@H]2OC(C)C. The molecular formula is C21H29NO4. The maximum atomic E-state index is 12.9. The average molecular weight is 359 g/mol. The van der Waals surface area contributed by atoms with E-state index in [9.17, 15) is 4.79 Å². The van der Waals surface area contributed by atoms with E-state index in [-0.39, 0.29) is 23.7 Å². The van der Waals surface area contributed by atoms with Gasteiger partial charge in [-0.05, 0) is 55.9 Å². The molecule has 1 aromatic rings. The van der Waals surface area contributed by atoms with E-state index in [0.717, 1.165) is 36.3 Å². The average Bonchev–Trinajstić information content (AvgIpc) is 2.93. The molecule has 0 unspecified atom stereocenters. The minimum atomic E-state index is -0.193. The Morgan fingerprint density at radius 3 is 2.58 bits per heavy atom. The number of nitrogens with zero attached hydrogens (tertiary/aromatic N) is 1.